The second-order valence-electron chi connectivity index (χ2n) is 6.68. The zero-order chi connectivity index (χ0) is 18.5. The summed E-state index contributed by atoms with van der Waals surface area (Å²) >= 11 is 0. The molecule has 0 aliphatic carbocycles. The van der Waals surface area contributed by atoms with Crippen LogP contribution < -0.4 is 11.1 Å². The van der Waals surface area contributed by atoms with Gasteiger partial charge in [-0.3, -0.25) is 4.79 Å². The minimum Gasteiger partial charge on any atom is -0.348 e. The maximum absolute atomic E-state index is 12.5. The Balaban J connectivity index is 0.00000576. The smallest absolute Gasteiger partial charge is 0.251 e. The van der Waals surface area contributed by atoms with Crippen molar-refractivity contribution in [2.75, 3.05) is 13.6 Å². The molecule has 25 heavy (non-hydrogen) atoms. The average molecular weight is 392 g/mol. The number of rotatable bonds is 8. The van der Waals surface area contributed by atoms with Crippen LogP contribution in [0.25, 0.3) is 0 Å². The van der Waals surface area contributed by atoms with Crippen LogP contribution in [-0.4, -0.2) is 44.3 Å². The van der Waals surface area contributed by atoms with E-state index in [0.717, 1.165) is 6.42 Å². The van der Waals surface area contributed by atoms with Gasteiger partial charge in [0.25, 0.3) is 5.91 Å². The molecule has 0 spiro atoms. The maximum atomic E-state index is 12.5. The number of sulfonamides is 1. The number of nitrogens with zero attached hydrogens (tertiary/aromatic N) is 1. The van der Waals surface area contributed by atoms with Gasteiger partial charge in [-0.1, -0.05) is 19.9 Å². The van der Waals surface area contributed by atoms with Gasteiger partial charge in [-0.2, -0.15) is 4.31 Å². The summed E-state index contributed by atoms with van der Waals surface area (Å²) in [5.41, 5.74) is 6.02. The molecule has 0 aromatic heterocycles. The van der Waals surface area contributed by atoms with E-state index in [1.807, 2.05) is 0 Å². The van der Waals surface area contributed by atoms with Crippen molar-refractivity contribution in [2.24, 2.45) is 11.7 Å². The van der Waals surface area contributed by atoms with E-state index in [1.165, 1.54) is 23.5 Å². The Morgan fingerprint density at radius 1 is 1.24 bits per heavy atom. The monoisotopic (exact) mass is 391 g/mol. The standard InChI is InChI=1S/C17H29N3O3S.ClH/c1-12(2)9-15(11-18)19-17(21)14-7-6-8-16(10-14)24(22,23)20(5)13(3)4;/h6-8,10,12-13,15H,9,11,18H2,1-5H3,(H,19,21);1H. The van der Waals surface area contributed by atoms with Gasteiger partial charge in [0.15, 0.2) is 0 Å². The highest BCUT2D eigenvalue weighted by Crippen LogP contribution is 2.18. The van der Waals surface area contributed by atoms with E-state index in [0.29, 0.717) is 18.0 Å². The lowest BCUT2D eigenvalue weighted by atomic mass is 10.0. The van der Waals surface area contributed by atoms with Gasteiger partial charge in [-0.15, -0.1) is 12.4 Å². The molecule has 1 aromatic carbocycles. The third kappa shape index (κ3) is 6.58. The van der Waals surface area contributed by atoms with Gasteiger partial charge in [0, 0.05) is 31.2 Å². The molecule has 0 bridgehead atoms. The lowest BCUT2D eigenvalue weighted by Gasteiger charge is -2.21. The van der Waals surface area contributed by atoms with E-state index in [2.05, 4.69) is 19.2 Å². The van der Waals surface area contributed by atoms with Gasteiger partial charge in [0.1, 0.15) is 0 Å². The molecule has 0 fully saturated rings. The number of nitrogens with one attached hydrogen (secondary N) is 1. The van der Waals surface area contributed by atoms with Crippen molar-refractivity contribution in [3.05, 3.63) is 29.8 Å². The van der Waals surface area contributed by atoms with E-state index in [4.69, 9.17) is 5.73 Å². The molecule has 0 radical (unpaired) electrons. The van der Waals surface area contributed by atoms with Crippen molar-refractivity contribution in [1.82, 2.24) is 9.62 Å². The maximum Gasteiger partial charge on any atom is 0.251 e. The van der Waals surface area contributed by atoms with Crippen LogP contribution in [0.2, 0.25) is 0 Å². The first-order valence-electron chi connectivity index (χ1n) is 8.18. The summed E-state index contributed by atoms with van der Waals surface area (Å²) in [6.07, 6.45) is 0.774. The normalized spacial score (nSPS) is 13.0. The quantitative estimate of drug-likeness (QED) is 0.710. The predicted molar refractivity (Wildman–Crippen MR) is 104 cm³/mol. The van der Waals surface area contributed by atoms with Gasteiger partial charge in [0.2, 0.25) is 10.0 Å². The highest BCUT2D eigenvalue weighted by molar-refractivity contribution is 7.89. The summed E-state index contributed by atoms with van der Waals surface area (Å²) in [6, 6.07) is 5.80. The summed E-state index contributed by atoms with van der Waals surface area (Å²) in [6.45, 7) is 8.06. The Hall–Kier alpha value is -1.15. The lowest BCUT2D eigenvalue weighted by molar-refractivity contribution is 0.0933. The molecule has 0 saturated heterocycles. The van der Waals surface area contributed by atoms with E-state index < -0.39 is 10.0 Å². The second-order valence-corrected chi connectivity index (χ2v) is 8.68. The molecule has 144 valence electrons. The van der Waals surface area contributed by atoms with Crippen molar-refractivity contribution in [1.29, 1.82) is 0 Å². The van der Waals surface area contributed by atoms with Gasteiger partial charge in [-0.05, 0) is 44.4 Å². The first-order chi connectivity index (χ1) is 11.1. The number of amides is 1. The van der Waals surface area contributed by atoms with Gasteiger partial charge in [-0.25, -0.2) is 8.42 Å². The zero-order valence-corrected chi connectivity index (χ0v) is 17.2. The van der Waals surface area contributed by atoms with Gasteiger partial charge in [0.05, 0.1) is 4.90 Å². The fourth-order valence-electron chi connectivity index (χ4n) is 2.29. The third-order valence-corrected chi connectivity index (χ3v) is 5.91. The van der Waals surface area contributed by atoms with Crippen molar-refractivity contribution < 1.29 is 13.2 Å². The van der Waals surface area contributed by atoms with Crippen molar-refractivity contribution in [3.8, 4) is 0 Å². The van der Waals surface area contributed by atoms with Crippen LogP contribution in [0.15, 0.2) is 29.2 Å². The van der Waals surface area contributed by atoms with Crippen LogP contribution in [0, 0.1) is 5.92 Å². The number of nitrogens with two attached hydrogens (primary N) is 1. The summed E-state index contributed by atoms with van der Waals surface area (Å²) in [7, 11) is -2.09. The molecule has 0 aliphatic heterocycles. The van der Waals surface area contributed by atoms with Crippen molar-refractivity contribution >= 4 is 28.3 Å². The van der Waals surface area contributed by atoms with Crippen LogP contribution in [0.1, 0.15) is 44.5 Å². The van der Waals surface area contributed by atoms with Crippen LogP contribution in [0.3, 0.4) is 0 Å². The van der Waals surface area contributed by atoms with Crippen LogP contribution in [-0.2, 0) is 10.0 Å². The summed E-state index contributed by atoms with van der Waals surface area (Å²) < 4.78 is 26.4. The fourth-order valence-corrected chi connectivity index (χ4v) is 3.71. The van der Waals surface area contributed by atoms with Crippen molar-refractivity contribution in [2.45, 2.75) is 51.1 Å². The largest absolute Gasteiger partial charge is 0.348 e. The second kappa shape index (κ2) is 10.1. The molecule has 1 rings (SSSR count). The first-order valence-corrected chi connectivity index (χ1v) is 9.62. The molecule has 1 atom stereocenters. The number of halogens is 1. The summed E-state index contributed by atoms with van der Waals surface area (Å²) in [4.78, 5) is 12.5. The highest BCUT2D eigenvalue weighted by atomic mass is 35.5. The number of hydrogen-bond donors (Lipinski definition) is 2. The number of carbonyl (C=O) groups is 1. The van der Waals surface area contributed by atoms with Crippen LogP contribution in [0.5, 0.6) is 0 Å². The Labute approximate surface area is 157 Å². The molecule has 1 unspecified atom stereocenters. The molecular weight excluding hydrogens is 362 g/mol. The Morgan fingerprint density at radius 3 is 2.32 bits per heavy atom. The van der Waals surface area contributed by atoms with E-state index in [1.54, 1.807) is 26.0 Å². The molecule has 6 nitrogen and oxygen atoms in total. The summed E-state index contributed by atoms with van der Waals surface area (Å²) in [5, 5.41) is 2.87. The molecule has 0 heterocycles. The minimum atomic E-state index is -3.62. The van der Waals surface area contributed by atoms with Gasteiger partial charge >= 0.3 is 0 Å². The van der Waals surface area contributed by atoms with Gasteiger partial charge < -0.3 is 11.1 Å². The Kier molecular flexibility index (Phi) is 9.64. The fraction of sp³-hybridized carbons (Fsp3) is 0.588. The molecule has 3 N–H and O–H groups in total. The number of benzene rings is 1. The summed E-state index contributed by atoms with van der Waals surface area (Å²) in [5.74, 6) is 0.0978. The molecule has 0 aliphatic rings. The first kappa shape index (κ1) is 23.9. The van der Waals surface area contributed by atoms with E-state index in [-0.39, 0.29) is 35.3 Å². The molecule has 8 heteroatoms. The number of hydrogen-bond acceptors (Lipinski definition) is 4. The molecule has 1 aromatic rings. The Morgan fingerprint density at radius 2 is 1.84 bits per heavy atom. The average Bonchev–Trinajstić information content (AvgIpc) is 2.52. The SMILES string of the molecule is CC(C)CC(CN)NC(=O)c1cccc(S(=O)(=O)N(C)C(C)C)c1.Cl. The minimum absolute atomic E-state index is 0. The molecular formula is C17H30ClN3O3S. The highest BCUT2D eigenvalue weighted by Gasteiger charge is 2.24. The van der Waals surface area contributed by atoms with E-state index in [9.17, 15) is 13.2 Å². The predicted octanol–water partition coefficient (Wildman–Crippen LogP) is 2.24. The van der Waals surface area contributed by atoms with E-state index >= 15 is 0 Å². The lowest BCUT2D eigenvalue weighted by Crippen LogP contribution is -2.41. The van der Waals surface area contributed by atoms with Crippen LogP contribution >= 0.6 is 12.4 Å². The molecule has 1 amide bonds. The Bertz CT molecular complexity index is 663. The topological polar surface area (TPSA) is 92.5 Å². The third-order valence-electron chi connectivity index (χ3n) is 3.88. The van der Waals surface area contributed by atoms with Crippen molar-refractivity contribution in [3.63, 3.8) is 0 Å². The van der Waals surface area contributed by atoms with Crippen LogP contribution in [0.4, 0.5) is 0 Å². The zero-order valence-electron chi connectivity index (χ0n) is 15.5. The number of carbonyl (C=O) groups excluding carboxylic acids is 1. The molecule has 0 saturated carbocycles.